The van der Waals surface area contributed by atoms with Gasteiger partial charge in [0.05, 0.1) is 0 Å². The molecule has 1 aromatic carbocycles. The van der Waals surface area contributed by atoms with Gasteiger partial charge in [-0.05, 0) is 22.4 Å². The zero-order valence-corrected chi connectivity index (χ0v) is 15.6. The van der Waals surface area contributed by atoms with Gasteiger partial charge in [0.2, 0.25) is 0 Å². The average molecular weight is 301 g/mol. The minimum Gasteiger partial charge on any atom is -0.326 e. The lowest BCUT2D eigenvalue weighted by molar-refractivity contribution is 1.09. The minimum atomic E-state index is 0.637. The summed E-state index contributed by atoms with van der Waals surface area (Å²) in [7, 11) is 2.42. The molecule has 0 amide bonds. The van der Waals surface area contributed by atoms with Crippen LogP contribution in [0.25, 0.3) is 10.1 Å². The summed E-state index contributed by atoms with van der Waals surface area (Å²) in [6.45, 7) is 14.6. The fourth-order valence-electron chi connectivity index (χ4n) is 1.22. The first-order valence-electron chi connectivity index (χ1n) is 7.15. The van der Waals surface area contributed by atoms with Crippen LogP contribution in [0.2, 0.25) is 0 Å². The highest BCUT2D eigenvalue weighted by atomic mass is 32.1. The van der Waals surface area contributed by atoms with Gasteiger partial charge in [-0.2, -0.15) is 0 Å². The number of nitrogens with two attached hydrogens (primary N) is 1. The summed E-state index contributed by atoms with van der Waals surface area (Å²) in [6.07, 6.45) is 0. The van der Waals surface area contributed by atoms with Gasteiger partial charge in [-0.1, -0.05) is 66.4 Å². The molecular weight excluding hydrogens is 269 g/mol. The number of benzene rings is 1. The van der Waals surface area contributed by atoms with Gasteiger partial charge < -0.3 is 5.73 Å². The van der Waals surface area contributed by atoms with Crippen LogP contribution in [0.3, 0.4) is 0 Å². The molecule has 0 spiro atoms. The van der Waals surface area contributed by atoms with E-state index >= 15 is 0 Å². The second kappa shape index (κ2) is 19.9. The van der Waals surface area contributed by atoms with Crippen LogP contribution in [-0.2, 0) is 6.54 Å². The molecule has 0 bridgehead atoms. The third-order valence-electron chi connectivity index (χ3n) is 1.78. The smallest absolute Gasteiger partial charge is 0.0387 e. The predicted molar refractivity (Wildman–Crippen MR) is 99.4 cm³/mol. The molecule has 1 aromatic heterocycles. The van der Waals surface area contributed by atoms with Gasteiger partial charge in [0.1, 0.15) is 0 Å². The first-order valence-corrected chi connectivity index (χ1v) is 9.18. The zero-order valence-electron chi connectivity index (χ0n) is 13.7. The SMILES string of the molecule is CC.CC.CC.CP.NCc1cccc2ccsc12. The van der Waals surface area contributed by atoms with Crippen LogP contribution in [-0.4, -0.2) is 6.66 Å². The lowest BCUT2D eigenvalue weighted by atomic mass is 10.2. The monoisotopic (exact) mass is 301 g/mol. The molecule has 0 saturated heterocycles. The molecule has 0 radical (unpaired) electrons. The Morgan fingerprint density at radius 1 is 0.947 bits per heavy atom. The van der Waals surface area contributed by atoms with Crippen molar-refractivity contribution in [3.05, 3.63) is 35.2 Å². The van der Waals surface area contributed by atoms with Crippen LogP contribution in [0.4, 0.5) is 0 Å². The number of rotatable bonds is 1. The number of hydrogen-bond acceptors (Lipinski definition) is 2. The first kappa shape index (κ1) is 23.6. The maximum absolute atomic E-state index is 5.58. The van der Waals surface area contributed by atoms with Crippen molar-refractivity contribution in [2.75, 3.05) is 6.66 Å². The molecule has 2 N–H and O–H groups in total. The highest BCUT2D eigenvalue weighted by Gasteiger charge is 1.98. The van der Waals surface area contributed by atoms with Crippen molar-refractivity contribution in [1.82, 2.24) is 0 Å². The summed E-state index contributed by atoms with van der Waals surface area (Å²) >= 11 is 1.76. The molecule has 1 unspecified atom stereocenters. The van der Waals surface area contributed by atoms with E-state index in [4.69, 9.17) is 5.73 Å². The van der Waals surface area contributed by atoms with Crippen molar-refractivity contribution >= 4 is 30.7 Å². The van der Waals surface area contributed by atoms with Crippen molar-refractivity contribution < 1.29 is 0 Å². The largest absolute Gasteiger partial charge is 0.326 e. The summed E-state index contributed by atoms with van der Waals surface area (Å²) in [5.74, 6) is 0. The van der Waals surface area contributed by atoms with Crippen LogP contribution in [0.1, 0.15) is 47.1 Å². The van der Waals surface area contributed by atoms with Crippen LogP contribution in [0.15, 0.2) is 29.6 Å². The van der Waals surface area contributed by atoms with Crippen LogP contribution >= 0.6 is 20.6 Å². The average Bonchev–Trinajstić information content (AvgIpc) is 3.03. The Hall–Kier alpha value is -0.430. The predicted octanol–water partition coefficient (Wildman–Crippen LogP) is 5.93. The second-order valence-corrected chi connectivity index (χ2v) is 3.38. The van der Waals surface area contributed by atoms with Crippen molar-refractivity contribution in [2.24, 2.45) is 5.73 Å². The molecule has 1 nitrogen and oxygen atoms in total. The Morgan fingerprint density at radius 2 is 1.47 bits per heavy atom. The first-order chi connectivity index (χ1) is 9.42. The Kier molecular flexibility index (Phi) is 24.8. The molecule has 3 heteroatoms. The van der Waals surface area contributed by atoms with E-state index in [1.807, 2.05) is 48.2 Å². The lowest BCUT2D eigenvalue weighted by Crippen LogP contribution is -1.95. The van der Waals surface area contributed by atoms with Gasteiger partial charge in [0, 0.05) is 11.2 Å². The van der Waals surface area contributed by atoms with E-state index in [0.717, 1.165) is 0 Å². The molecule has 0 aliphatic rings. The maximum atomic E-state index is 5.58. The van der Waals surface area contributed by atoms with Crippen LogP contribution in [0.5, 0.6) is 0 Å². The highest BCUT2D eigenvalue weighted by molar-refractivity contribution is 7.17. The number of fused-ring (bicyclic) bond motifs is 1. The Labute approximate surface area is 126 Å². The fourth-order valence-corrected chi connectivity index (χ4v) is 2.14. The summed E-state index contributed by atoms with van der Waals surface area (Å²) in [6, 6.07) is 8.38. The van der Waals surface area contributed by atoms with E-state index in [2.05, 4.69) is 38.9 Å². The molecule has 112 valence electrons. The Bertz CT molecular complexity index is 372. The number of hydrogen-bond donors (Lipinski definition) is 1. The molecule has 1 heterocycles. The zero-order chi connectivity index (χ0) is 15.7. The van der Waals surface area contributed by atoms with Crippen molar-refractivity contribution in [3.8, 4) is 0 Å². The van der Waals surface area contributed by atoms with Crippen molar-refractivity contribution in [1.29, 1.82) is 0 Å². The fraction of sp³-hybridized carbons (Fsp3) is 0.500. The van der Waals surface area contributed by atoms with Crippen molar-refractivity contribution in [2.45, 2.75) is 48.1 Å². The number of thiophene rings is 1. The van der Waals surface area contributed by atoms with Crippen LogP contribution in [0, 0.1) is 0 Å². The van der Waals surface area contributed by atoms with E-state index in [1.54, 1.807) is 11.3 Å². The molecule has 1 atom stereocenters. The minimum absolute atomic E-state index is 0.637. The standard InChI is InChI=1S/C9H9NS.3C2H6.CH5P/c10-6-8-3-1-2-7-4-5-11-9(7)8;4*1-2/h1-5H,6,10H2;3*1-2H3;2H2,1H3. The molecule has 0 saturated carbocycles. The summed E-state index contributed by atoms with van der Waals surface area (Å²) in [5, 5.41) is 3.40. The molecule has 0 fully saturated rings. The van der Waals surface area contributed by atoms with E-state index in [-0.39, 0.29) is 0 Å². The van der Waals surface area contributed by atoms with Crippen LogP contribution < -0.4 is 5.73 Å². The topological polar surface area (TPSA) is 26.0 Å². The molecule has 19 heavy (non-hydrogen) atoms. The summed E-state index contributed by atoms with van der Waals surface area (Å²) in [4.78, 5) is 0. The van der Waals surface area contributed by atoms with E-state index in [9.17, 15) is 0 Å². The Balaban J connectivity index is -0.000000278. The summed E-state index contributed by atoms with van der Waals surface area (Å²) in [5.41, 5.74) is 6.83. The summed E-state index contributed by atoms with van der Waals surface area (Å²) < 4.78 is 1.33. The van der Waals surface area contributed by atoms with Gasteiger partial charge in [-0.3, -0.25) is 0 Å². The van der Waals surface area contributed by atoms with Gasteiger partial charge >= 0.3 is 0 Å². The normalized spacial score (nSPS) is 7.42. The maximum Gasteiger partial charge on any atom is 0.0387 e. The van der Waals surface area contributed by atoms with E-state index < -0.39 is 0 Å². The lowest BCUT2D eigenvalue weighted by Gasteiger charge is -1.96. The molecule has 2 rings (SSSR count). The highest BCUT2D eigenvalue weighted by Crippen LogP contribution is 2.23. The van der Waals surface area contributed by atoms with E-state index in [0.29, 0.717) is 6.54 Å². The molecule has 2 aromatic rings. The molecule has 0 aliphatic heterocycles. The van der Waals surface area contributed by atoms with Gasteiger partial charge in [0.15, 0.2) is 0 Å². The Morgan fingerprint density at radius 3 is 1.95 bits per heavy atom. The molecule has 0 aliphatic carbocycles. The molecular formula is C16H32NPS. The van der Waals surface area contributed by atoms with E-state index in [1.165, 1.54) is 15.6 Å². The third kappa shape index (κ3) is 9.15. The quantitative estimate of drug-likeness (QED) is 0.649. The third-order valence-corrected chi connectivity index (χ3v) is 2.79. The van der Waals surface area contributed by atoms with Gasteiger partial charge in [0.25, 0.3) is 0 Å². The van der Waals surface area contributed by atoms with Gasteiger partial charge in [-0.15, -0.1) is 20.6 Å². The second-order valence-electron chi connectivity index (χ2n) is 2.46. The van der Waals surface area contributed by atoms with Gasteiger partial charge in [-0.25, -0.2) is 0 Å². The van der Waals surface area contributed by atoms with Crippen molar-refractivity contribution in [3.63, 3.8) is 0 Å².